The molecule has 0 saturated heterocycles. The van der Waals surface area contributed by atoms with Crippen LogP contribution in [0.5, 0.6) is 11.5 Å². The molecule has 0 spiro atoms. The van der Waals surface area contributed by atoms with Crippen molar-refractivity contribution in [3.05, 3.63) is 78.0 Å². The first-order valence-corrected chi connectivity index (χ1v) is 14.3. The third-order valence-corrected chi connectivity index (χ3v) is 6.43. The summed E-state index contributed by atoms with van der Waals surface area (Å²) in [5, 5.41) is 13.5. The Labute approximate surface area is 256 Å². The van der Waals surface area contributed by atoms with E-state index in [-0.39, 0.29) is 30.4 Å². The Bertz CT molecular complexity index is 1640. The molecule has 3 amide bonds. The van der Waals surface area contributed by atoms with E-state index in [1.807, 2.05) is 51.1 Å². The summed E-state index contributed by atoms with van der Waals surface area (Å²) in [6.07, 6.45) is 1.57. The molecule has 4 rings (SSSR count). The molecule has 0 fully saturated rings. The maximum absolute atomic E-state index is 13.9. The van der Waals surface area contributed by atoms with Gasteiger partial charge in [-0.05, 0) is 91.9 Å². The zero-order chi connectivity index (χ0) is 31.8. The third kappa shape index (κ3) is 8.37. The molecule has 1 unspecified atom stereocenters. The van der Waals surface area contributed by atoms with Crippen LogP contribution in [0.2, 0.25) is 0 Å². The number of ether oxygens (including phenoxy) is 2. The number of nitrogens with one attached hydrogen (secondary N) is 4. The fourth-order valence-corrected chi connectivity index (χ4v) is 4.72. The van der Waals surface area contributed by atoms with E-state index in [2.05, 4.69) is 26.3 Å². The molecule has 230 valence electrons. The number of benzene rings is 3. The zero-order valence-electron chi connectivity index (χ0n) is 25.5. The molecule has 0 bridgehead atoms. The van der Waals surface area contributed by atoms with E-state index in [9.17, 15) is 14.4 Å². The highest BCUT2D eigenvalue weighted by molar-refractivity contribution is 5.94. The van der Waals surface area contributed by atoms with E-state index >= 15 is 0 Å². The number of hydrogen-bond donors (Lipinski definition) is 5. The number of pyridine rings is 1. The van der Waals surface area contributed by atoms with Crippen LogP contribution < -0.4 is 36.5 Å². The van der Waals surface area contributed by atoms with Gasteiger partial charge in [0.05, 0.1) is 12.7 Å². The van der Waals surface area contributed by atoms with Gasteiger partial charge in [0.25, 0.3) is 0 Å². The number of aromatic nitrogens is 1. The van der Waals surface area contributed by atoms with Crippen molar-refractivity contribution in [2.75, 3.05) is 28.3 Å². The van der Waals surface area contributed by atoms with Gasteiger partial charge < -0.3 is 36.5 Å². The second-order valence-corrected chi connectivity index (χ2v) is 10.5. The molecule has 1 atom stereocenters. The second kappa shape index (κ2) is 14.2. The standard InChI is InChI=1S/C33H38N6O5/c1-6-43-30-16-24(7-10-29(30)44-19(2)3)31(39-25-8-9-28-23(15-25)11-12-35-32(28)34)33(42)36-18-22-13-26(37-20(4)40)17-27(14-22)38-21(5)41/h7-17,19,31,39H,6,18H2,1-5H3,(H2,34,35)(H,36,42)(H,37,40)(H,38,41). The van der Waals surface area contributed by atoms with E-state index in [4.69, 9.17) is 15.2 Å². The predicted octanol–water partition coefficient (Wildman–Crippen LogP) is 5.39. The van der Waals surface area contributed by atoms with Gasteiger partial charge in [0.15, 0.2) is 11.5 Å². The number of fused-ring (bicyclic) bond motifs is 1. The second-order valence-electron chi connectivity index (χ2n) is 10.5. The number of amides is 3. The van der Waals surface area contributed by atoms with Crippen molar-refractivity contribution in [1.82, 2.24) is 10.3 Å². The van der Waals surface area contributed by atoms with Crippen molar-refractivity contribution in [3.8, 4) is 11.5 Å². The molecule has 0 aliphatic rings. The van der Waals surface area contributed by atoms with Crippen molar-refractivity contribution < 1.29 is 23.9 Å². The lowest BCUT2D eigenvalue weighted by Crippen LogP contribution is -2.33. The van der Waals surface area contributed by atoms with Crippen molar-refractivity contribution in [3.63, 3.8) is 0 Å². The van der Waals surface area contributed by atoms with Crippen LogP contribution in [0.15, 0.2) is 66.9 Å². The van der Waals surface area contributed by atoms with Gasteiger partial charge in [-0.15, -0.1) is 0 Å². The number of hydrogen-bond acceptors (Lipinski definition) is 8. The molecular formula is C33H38N6O5. The normalized spacial score (nSPS) is 11.5. The summed E-state index contributed by atoms with van der Waals surface area (Å²) in [5.41, 5.74) is 9.06. The van der Waals surface area contributed by atoms with Crippen LogP contribution in [0.1, 0.15) is 51.8 Å². The molecule has 4 aromatic rings. The monoisotopic (exact) mass is 598 g/mol. The van der Waals surface area contributed by atoms with Gasteiger partial charge in [-0.3, -0.25) is 14.4 Å². The highest BCUT2D eigenvalue weighted by Crippen LogP contribution is 2.33. The van der Waals surface area contributed by atoms with Crippen LogP contribution in [-0.4, -0.2) is 35.4 Å². The Morgan fingerprint density at radius 3 is 2.20 bits per heavy atom. The number of nitrogens with two attached hydrogens (primary N) is 1. The predicted molar refractivity (Wildman–Crippen MR) is 173 cm³/mol. The first-order valence-electron chi connectivity index (χ1n) is 14.3. The van der Waals surface area contributed by atoms with Crippen LogP contribution in [0.3, 0.4) is 0 Å². The number of carbonyl (C=O) groups excluding carboxylic acids is 3. The minimum atomic E-state index is -0.827. The molecular weight excluding hydrogens is 560 g/mol. The van der Waals surface area contributed by atoms with Crippen molar-refractivity contribution in [2.45, 2.75) is 53.3 Å². The van der Waals surface area contributed by atoms with Crippen LogP contribution in [0.25, 0.3) is 10.8 Å². The number of nitrogens with zero attached hydrogens (tertiary/aromatic N) is 1. The van der Waals surface area contributed by atoms with E-state index in [0.29, 0.717) is 52.1 Å². The molecule has 0 aliphatic carbocycles. The number of nitrogen functional groups attached to an aromatic ring is 1. The molecule has 1 aromatic heterocycles. The Morgan fingerprint density at radius 1 is 0.864 bits per heavy atom. The Kier molecular flexibility index (Phi) is 10.2. The summed E-state index contributed by atoms with van der Waals surface area (Å²) in [7, 11) is 0. The smallest absolute Gasteiger partial charge is 0.247 e. The van der Waals surface area contributed by atoms with Gasteiger partial charge in [-0.1, -0.05) is 6.07 Å². The molecule has 0 radical (unpaired) electrons. The van der Waals surface area contributed by atoms with Crippen LogP contribution in [0, 0.1) is 0 Å². The average Bonchev–Trinajstić information content (AvgIpc) is 2.95. The molecule has 3 aromatic carbocycles. The highest BCUT2D eigenvalue weighted by Gasteiger charge is 2.23. The van der Waals surface area contributed by atoms with Crippen LogP contribution in [0.4, 0.5) is 22.9 Å². The van der Waals surface area contributed by atoms with E-state index in [1.54, 1.807) is 36.5 Å². The molecule has 11 nitrogen and oxygen atoms in total. The summed E-state index contributed by atoms with van der Waals surface area (Å²) in [4.78, 5) is 41.4. The van der Waals surface area contributed by atoms with Crippen molar-refractivity contribution in [1.29, 1.82) is 0 Å². The topological polar surface area (TPSA) is 157 Å². The average molecular weight is 599 g/mol. The van der Waals surface area contributed by atoms with Gasteiger partial charge in [-0.2, -0.15) is 0 Å². The lowest BCUT2D eigenvalue weighted by molar-refractivity contribution is -0.122. The largest absolute Gasteiger partial charge is 0.490 e. The maximum atomic E-state index is 13.9. The first-order chi connectivity index (χ1) is 21.0. The molecule has 0 aliphatic heterocycles. The van der Waals surface area contributed by atoms with Gasteiger partial charge in [0.1, 0.15) is 11.9 Å². The summed E-state index contributed by atoms with van der Waals surface area (Å²) < 4.78 is 11.8. The van der Waals surface area contributed by atoms with Crippen LogP contribution in [-0.2, 0) is 20.9 Å². The van der Waals surface area contributed by atoms with Gasteiger partial charge in [-0.25, -0.2) is 4.98 Å². The van der Waals surface area contributed by atoms with Crippen LogP contribution >= 0.6 is 0 Å². The molecule has 1 heterocycles. The fraction of sp³-hybridized carbons (Fsp3) is 0.273. The summed E-state index contributed by atoms with van der Waals surface area (Å²) >= 11 is 0. The summed E-state index contributed by atoms with van der Waals surface area (Å²) in [6.45, 7) is 9.09. The maximum Gasteiger partial charge on any atom is 0.247 e. The van der Waals surface area contributed by atoms with E-state index in [0.717, 1.165) is 10.8 Å². The quantitative estimate of drug-likeness (QED) is 0.145. The fourth-order valence-electron chi connectivity index (χ4n) is 4.72. The third-order valence-electron chi connectivity index (χ3n) is 6.43. The lowest BCUT2D eigenvalue weighted by atomic mass is 10.0. The van der Waals surface area contributed by atoms with Gasteiger partial charge in [0, 0.05) is 49.0 Å². The zero-order valence-corrected chi connectivity index (χ0v) is 25.5. The number of rotatable bonds is 12. The molecule has 11 heteroatoms. The lowest BCUT2D eigenvalue weighted by Gasteiger charge is -2.22. The van der Waals surface area contributed by atoms with Gasteiger partial charge >= 0.3 is 0 Å². The van der Waals surface area contributed by atoms with E-state index in [1.165, 1.54) is 13.8 Å². The SMILES string of the molecule is CCOc1cc(C(Nc2ccc3c(N)nccc3c2)C(=O)NCc2cc(NC(C)=O)cc(NC(C)=O)c2)ccc1OC(C)C. The summed E-state index contributed by atoms with van der Waals surface area (Å²) in [5.74, 6) is 0.701. The van der Waals surface area contributed by atoms with E-state index < -0.39 is 6.04 Å². The summed E-state index contributed by atoms with van der Waals surface area (Å²) in [6, 6.07) is 17.2. The van der Waals surface area contributed by atoms with Crippen molar-refractivity contribution in [2.24, 2.45) is 0 Å². The van der Waals surface area contributed by atoms with Gasteiger partial charge in [0.2, 0.25) is 17.7 Å². The molecule has 44 heavy (non-hydrogen) atoms. The minimum Gasteiger partial charge on any atom is -0.490 e. The Hall–Kier alpha value is -5.32. The van der Waals surface area contributed by atoms with Crippen molar-refractivity contribution >= 4 is 51.4 Å². The minimum absolute atomic E-state index is 0.0626. The Balaban J connectivity index is 1.67. The Morgan fingerprint density at radius 2 is 1.57 bits per heavy atom. The number of carbonyl (C=O) groups is 3. The molecule has 6 N–H and O–H groups in total. The molecule has 0 saturated carbocycles. The number of anilines is 4. The first kappa shape index (κ1) is 31.6. The highest BCUT2D eigenvalue weighted by atomic mass is 16.5.